The van der Waals surface area contributed by atoms with Gasteiger partial charge in [-0.15, -0.1) is 0 Å². The van der Waals surface area contributed by atoms with Crippen molar-refractivity contribution < 1.29 is 9.53 Å². The molecule has 0 saturated heterocycles. The van der Waals surface area contributed by atoms with E-state index in [1.165, 1.54) is 12.3 Å². The van der Waals surface area contributed by atoms with Crippen LogP contribution < -0.4 is 15.4 Å². The van der Waals surface area contributed by atoms with Gasteiger partial charge in [-0.3, -0.25) is 4.79 Å². The second-order valence-electron chi connectivity index (χ2n) is 4.85. The minimum Gasteiger partial charge on any atom is -0.494 e. The quantitative estimate of drug-likeness (QED) is 0.558. The Kier molecular flexibility index (Phi) is 6.70. The van der Waals surface area contributed by atoms with Crippen LogP contribution in [0.25, 0.3) is 0 Å². The summed E-state index contributed by atoms with van der Waals surface area (Å²) < 4.78 is 5.35. The highest BCUT2D eigenvalue weighted by atomic mass is 35.5. The van der Waals surface area contributed by atoms with Crippen LogP contribution in [-0.2, 0) is 4.79 Å². The second kappa shape index (κ2) is 8.97. The Morgan fingerprint density at radius 1 is 1.24 bits per heavy atom. The number of hydrogen-bond donors (Lipinski definition) is 2. The monoisotopic (exact) mass is 375 g/mol. The van der Waals surface area contributed by atoms with Crippen molar-refractivity contribution in [1.82, 2.24) is 0 Å². The zero-order chi connectivity index (χ0) is 18.2. The lowest BCUT2D eigenvalue weighted by Gasteiger charge is -2.08. The summed E-state index contributed by atoms with van der Waals surface area (Å²) in [6.07, 6.45) is 1.32. The van der Waals surface area contributed by atoms with E-state index in [2.05, 4.69) is 10.6 Å². The van der Waals surface area contributed by atoms with E-state index in [0.29, 0.717) is 28.0 Å². The minimum absolute atomic E-state index is 0.107. The van der Waals surface area contributed by atoms with Crippen molar-refractivity contribution in [3.63, 3.8) is 0 Å². The van der Waals surface area contributed by atoms with E-state index in [-0.39, 0.29) is 5.57 Å². The van der Waals surface area contributed by atoms with E-state index < -0.39 is 5.91 Å². The molecular weight excluding hydrogens is 361 g/mol. The highest BCUT2D eigenvalue weighted by Gasteiger charge is 2.11. The van der Waals surface area contributed by atoms with Gasteiger partial charge in [-0.05, 0) is 49.4 Å². The average Bonchev–Trinajstić information content (AvgIpc) is 2.60. The number of rotatable bonds is 6. The predicted octanol–water partition coefficient (Wildman–Crippen LogP) is 4.85. The fourth-order valence-corrected chi connectivity index (χ4v) is 2.24. The van der Waals surface area contributed by atoms with Crippen molar-refractivity contribution in [3.05, 3.63) is 64.3 Å². The Labute approximate surface area is 155 Å². The van der Waals surface area contributed by atoms with Crippen molar-refractivity contribution in [1.29, 1.82) is 5.26 Å². The summed E-state index contributed by atoms with van der Waals surface area (Å²) in [6, 6.07) is 13.7. The maximum Gasteiger partial charge on any atom is 0.267 e. The van der Waals surface area contributed by atoms with Crippen LogP contribution in [0.4, 0.5) is 11.4 Å². The molecule has 2 aromatic rings. The van der Waals surface area contributed by atoms with Crippen molar-refractivity contribution >= 4 is 40.5 Å². The number of ether oxygens (including phenoxy) is 1. The smallest absolute Gasteiger partial charge is 0.267 e. The molecule has 0 radical (unpaired) electrons. The molecule has 5 nitrogen and oxygen atoms in total. The van der Waals surface area contributed by atoms with Gasteiger partial charge in [-0.25, -0.2) is 0 Å². The molecule has 0 atom stereocenters. The highest BCUT2D eigenvalue weighted by Crippen LogP contribution is 2.25. The average molecular weight is 376 g/mol. The van der Waals surface area contributed by atoms with E-state index >= 15 is 0 Å². The number of hydrogen-bond acceptors (Lipinski definition) is 4. The van der Waals surface area contributed by atoms with Gasteiger partial charge in [0.05, 0.1) is 17.3 Å². The van der Waals surface area contributed by atoms with Crippen molar-refractivity contribution in [2.75, 3.05) is 17.2 Å². The Hall–Kier alpha value is -2.68. The fraction of sp³-hybridized carbons (Fsp3) is 0.111. The Balaban J connectivity index is 2.07. The third-order valence-corrected chi connectivity index (χ3v) is 3.65. The lowest BCUT2D eigenvalue weighted by molar-refractivity contribution is -0.112. The first kappa shape index (κ1) is 18.7. The lowest BCUT2D eigenvalue weighted by atomic mass is 10.2. The third kappa shape index (κ3) is 5.42. The molecule has 128 valence electrons. The summed E-state index contributed by atoms with van der Waals surface area (Å²) in [4.78, 5) is 12.2. The van der Waals surface area contributed by atoms with Gasteiger partial charge in [0.15, 0.2) is 0 Å². The van der Waals surface area contributed by atoms with Crippen LogP contribution in [0, 0.1) is 11.3 Å². The standard InChI is InChI=1S/C18H15Cl2N3O2/c1-2-25-15-6-4-14(5-7-15)22-11-12(10-21)18(24)23-17-9-13(19)3-8-16(17)20/h3-9,11,22H,2H2,1H3,(H,23,24)/b12-11-. The zero-order valence-corrected chi connectivity index (χ0v) is 14.9. The molecule has 0 saturated carbocycles. The number of nitriles is 1. The summed E-state index contributed by atoms with van der Waals surface area (Å²) in [7, 11) is 0. The molecule has 0 heterocycles. The topological polar surface area (TPSA) is 74.1 Å². The van der Waals surface area contributed by atoms with Crippen LogP contribution in [0.5, 0.6) is 5.75 Å². The zero-order valence-electron chi connectivity index (χ0n) is 13.3. The fourth-order valence-electron chi connectivity index (χ4n) is 1.90. The number of nitrogens with zero attached hydrogens (tertiary/aromatic N) is 1. The van der Waals surface area contributed by atoms with Crippen molar-refractivity contribution in [3.8, 4) is 11.8 Å². The molecule has 0 aliphatic carbocycles. The highest BCUT2D eigenvalue weighted by molar-refractivity contribution is 6.35. The maximum atomic E-state index is 12.2. The molecule has 0 aliphatic heterocycles. The summed E-state index contributed by atoms with van der Waals surface area (Å²) in [5.41, 5.74) is 0.941. The second-order valence-corrected chi connectivity index (χ2v) is 5.69. The van der Waals surface area contributed by atoms with Crippen LogP contribution in [0.15, 0.2) is 54.2 Å². The molecule has 25 heavy (non-hydrogen) atoms. The lowest BCUT2D eigenvalue weighted by Crippen LogP contribution is -2.14. The largest absolute Gasteiger partial charge is 0.494 e. The van der Waals surface area contributed by atoms with E-state index in [9.17, 15) is 10.1 Å². The number of carbonyl (C=O) groups is 1. The van der Waals surface area contributed by atoms with E-state index in [4.69, 9.17) is 27.9 Å². The summed E-state index contributed by atoms with van der Waals surface area (Å²) >= 11 is 11.9. The Morgan fingerprint density at radius 3 is 2.60 bits per heavy atom. The molecule has 0 bridgehead atoms. The van der Waals surface area contributed by atoms with E-state index in [0.717, 1.165) is 5.75 Å². The van der Waals surface area contributed by atoms with Crippen LogP contribution >= 0.6 is 23.2 Å². The van der Waals surface area contributed by atoms with Gasteiger partial charge in [-0.1, -0.05) is 23.2 Å². The molecule has 0 fully saturated rings. The van der Waals surface area contributed by atoms with Crippen LogP contribution in [0.3, 0.4) is 0 Å². The molecule has 2 N–H and O–H groups in total. The van der Waals surface area contributed by atoms with Gasteiger partial charge in [0.25, 0.3) is 5.91 Å². The molecule has 2 rings (SSSR count). The van der Waals surface area contributed by atoms with Gasteiger partial charge in [0.1, 0.15) is 17.4 Å². The molecule has 2 aromatic carbocycles. The van der Waals surface area contributed by atoms with Crippen molar-refractivity contribution in [2.24, 2.45) is 0 Å². The van der Waals surface area contributed by atoms with Gasteiger partial charge in [-0.2, -0.15) is 5.26 Å². The number of nitrogens with one attached hydrogen (secondary N) is 2. The Morgan fingerprint density at radius 2 is 1.96 bits per heavy atom. The van der Waals surface area contributed by atoms with Crippen molar-refractivity contribution in [2.45, 2.75) is 6.92 Å². The molecular formula is C18H15Cl2N3O2. The van der Waals surface area contributed by atoms with Gasteiger partial charge in [0.2, 0.25) is 0 Å². The third-order valence-electron chi connectivity index (χ3n) is 3.09. The van der Waals surface area contributed by atoms with Gasteiger partial charge >= 0.3 is 0 Å². The first-order chi connectivity index (χ1) is 12.0. The number of halogens is 2. The molecule has 0 spiro atoms. The minimum atomic E-state index is -0.592. The summed E-state index contributed by atoms with van der Waals surface area (Å²) in [5.74, 6) is 0.149. The number of benzene rings is 2. The Bertz CT molecular complexity index is 827. The number of anilines is 2. The normalized spacial score (nSPS) is 10.7. The first-order valence-electron chi connectivity index (χ1n) is 7.39. The van der Waals surface area contributed by atoms with Gasteiger partial charge in [0, 0.05) is 16.9 Å². The molecule has 1 amide bonds. The predicted molar refractivity (Wildman–Crippen MR) is 100 cm³/mol. The van der Waals surface area contributed by atoms with Crippen LogP contribution in [0.2, 0.25) is 10.0 Å². The maximum absolute atomic E-state index is 12.2. The van der Waals surface area contributed by atoms with Crippen LogP contribution in [0.1, 0.15) is 6.92 Å². The number of carbonyl (C=O) groups excluding carboxylic acids is 1. The van der Waals surface area contributed by atoms with E-state index in [1.54, 1.807) is 36.4 Å². The van der Waals surface area contributed by atoms with Crippen LogP contribution in [-0.4, -0.2) is 12.5 Å². The first-order valence-corrected chi connectivity index (χ1v) is 8.15. The summed E-state index contributed by atoms with van der Waals surface area (Å²) in [5, 5.41) is 15.4. The van der Waals surface area contributed by atoms with Gasteiger partial charge < -0.3 is 15.4 Å². The van der Waals surface area contributed by atoms with E-state index in [1.807, 2.05) is 13.0 Å². The molecule has 0 unspecified atom stereocenters. The molecule has 0 aromatic heterocycles. The SMILES string of the molecule is CCOc1ccc(N/C=C(/C#N)C(=O)Nc2cc(Cl)ccc2Cl)cc1. The molecule has 7 heteroatoms. The summed E-state index contributed by atoms with van der Waals surface area (Å²) in [6.45, 7) is 2.48. The molecule has 0 aliphatic rings. The number of amides is 1.